The van der Waals surface area contributed by atoms with Gasteiger partial charge in [-0.25, -0.2) is 0 Å². The van der Waals surface area contributed by atoms with Crippen molar-refractivity contribution in [3.63, 3.8) is 0 Å². The minimum atomic E-state index is -0.936. The number of carbonyl (C=O) groups excluding carboxylic acids is 1. The first-order valence-corrected chi connectivity index (χ1v) is 7.28. The van der Waals surface area contributed by atoms with Crippen molar-refractivity contribution in [1.82, 2.24) is 5.32 Å². The van der Waals surface area contributed by atoms with Gasteiger partial charge in [0, 0.05) is 19.6 Å². The highest BCUT2D eigenvalue weighted by Crippen LogP contribution is 2.19. The van der Waals surface area contributed by atoms with Crippen molar-refractivity contribution in [2.24, 2.45) is 0 Å². The first kappa shape index (κ1) is 15.8. The van der Waals surface area contributed by atoms with Crippen LogP contribution < -0.4 is 10.1 Å². The summed E-state index contributed by atoms with van der Waals surface area (Å²) in [6.07, 6.45) is 0.546. The maximum absolute atomic E-state index is 11.7. The molecule has 1 saturated heterocycles. The normalized spacial score (nSPS) is 21.5. The van der Waals surface area contributed by atoms with Gasteiger partial charge in [0.25, 0.3) is 5.91 Å². The van der Waals surface area contributed by atoms with Crippen LogP contribution in [0.3, 0.4) is 0 Å². The second-order valence-electron chi connectivity index (χ2n) is 5.82. The van der Waals surface area contributed by atoms with Crippen LogP contribution in [0.25, 0.3) is 0 Å². The summed E-state index contributed by atoms with van der Waals surface area (Å²) >= 11 is 0. The second kappa shape index (κ2) is 6.91. The zero-order valence-electron chi connectivity index (χ0n) is 12.6. The molecule has 0 aliphatic carbocycles. The molecule has 1 heterocycles. The number of nitrogens with one attached hydrogen (secondary N) is 1. The van der Waals surface area contributed by atoms with Crippen LogP contribution in [0.2, 0.25) is 0 Å². The fraction of sp³-hybridized carbons (Fsp3) is 0.562. The minimum Gasteiger partial charge on any atom is -0.484 e. The van der Waals surface area contributed by atoms with Crippen LogP contribution in [-0.4, -0.2) is 43.0 Å². The Balaban J connectivity index is 1.73. The lowest BCUT2D eigenvalue weighted by Crippen LogP contribution is -2.44. The Kier molecular flexibility index (Phi) is 5.20. The molecule has 1 amide bonds. The van der Waals surface area contributed by atoms with Gasteiger partial charge in [0.05, 0.1) is 6.61 Å². The third-order valence-corrected chi connectivity index (χ3v) is 3.61. The van der Waals surface area contributed by atoms with E-state index in [-0.39, 0.29) is 25.7 Å². The van der Waals surface area contributed by atoms with Gasteiger partial charge in [-0.1, -0.05) is 26.0 Å². The Labute approximate surface area is 125 Å². The van der Waals surface area contributed by atoms with Gasteiger partial charge in [0.2, 0.25) is 0 Å². The molecule has 1 aromatic rings. The average molecular weight is 293 g/mol. The van der Waals surface area contributed by atoms with Gasteiger partial charge in [-0.2, -0.15) is 0 Å². The third kappa shape index (κ3) is 4.72. The van der Waals surface area contributed by atoms with Crippen molar-refractivity contribution in [1.29, 1.82) is 0 Å². The van der Waals surface area contributed by atoms with E-state index in [2.05, 4.69) is 19.2 Å². The molecule has 1 atom stereocenters. The fourth-order valence-electron chi connectivity index (χ4n) is 2.15. The summed E-state index contributed by atoms with van der Waals surface area (Å²) in [5.74, 6) is 0.887. The highest BCUT2D eigenvalue weighted by Gasteiger charge is 2.32. The number of hydrogen-bond donors (Lipinski definition) is 2. The van der Waals surface area contributed by atoms with Gasteiger partial charge in [0.15, 0.2) is 6.61 Å². The number of rotatable bonds is 6. The number of carbonyl (C=O) groups is 1. The van der Waals surface area contributed by atoms with Crippen LogP contribution >= 0.6 is 0 Å². The molecule has 0 saturated carbocycles. The molecule has 0 radical (unpaired) electrons. The highest BCUT2D eigenvalue weighted by molar-refractivity contribution is 5.77. The summed E-state index contributed by atoms with van der Waals surface area (Å²) < 4.78 is 10.5. The van der Waals surface area contributed by atoms with Gasteiger partial charge in [-0.3, -0.25) is 4.79 Å². The van der Waals surface area contributed by atoms with Crippen LogP contribution in [0.4, 0.5) is 0 Å². The molecule has 21 heavy (non-hydrogen) atoms. The molecule has 2 rings (SSSR count). The van der Waals surface area contributed by atoms with Crippen molar-refractivity contribution in [2.75, 3.05) is 26.4 Å². The molecule has 1 aliphatic rings. The van der Waals surface area contributed by atoms with E-state index in [1.807, 2.05) is 24.3 Å². The van der Waals surface area contributed by atoms with E-state index in [0.29, 0.717) is 24.7 Å². The average Bonchev–Trinajstić information content (AvgIpc) is 2.91. The van der Waals surface area contributed by atoms with Crippen molar-refractivity contribution in [3.05, 3.63) is 29.8 Å². The summed E-state index contributed by atoms with van der Waals surface area (Å²) in [5, 5.41) is 12.7. The molecular weight excluding hydrogens is 270 g/mol. The van der Waals surface area contributed by atoms with Crippen LogP contribution in [0, 0.1) is 0 Å². The monoisotopic (exact) mass is 293 g/mol. The van der Waals surface area contributed by atoms with Crippen LogP contribution in [0.5, 0.6) is 5.75 Å². The zero-order chi connectivity index (χ0) is 15.3. The Bertz CT molecular complexity index is 464. The number of amides is 1. The van der Waals surface area contributed by atoms with Crippen molar-refractivity contribution in [2.45, 2.75) is 31.8 Å². The lowest BCUT2D eigenvalue weighted by molar-refractivity contribution is -0.124. The minimum absolute atomic E-state index is 0.0576. The standard InChI is InChI=1S/C16H23NO4/c1-12(2)13-3-5-14(6-4-13)21-9-15(18)17-10-16(19)7-8-20-11-16/h3-6,12,19H,7-11H2,1-2H3,(H,17,18)/t16-/m1/s1. The largest absolute Gasteiger partial charge is 0.484 e. The molecule has 0 spiro atoms. The lowest BCUT2D eigenvalue weighted by atomic mass is 10.0. The van der Waals surface area contributed by atoms with E-state index in [1.54, 1.807) is 0 Å². The molecule has 1 fully saturated rings. The van der Waals surface area contributed by atoms with Crippen LogP contribution in [0.15, 0.2) is 24.3 Å². The van der Waals surface area contributed by atoms with Crippen molar-refractivity contribution in [3.8, 4) is 5.75 Å². The van der Waals surface area contributed by atoms with Gasteiger partial charge >= 0.3 is 0 Å². The molecule has 0 unspecified atom stereocenters. The summed E-state index contributed by atoms with van der Waals surface area (Å²) in [6.45, 7) is 5.19. The van der Waals surface area contributed by atoms with E-state index in [9.17, 15) is 9.90 Å². The molecule has 116 valence electrons. The first-order valence-electron chi connectivity index (χ1n) is 7.28. The van der Waals surface area contributed by atoms with Gasteiger partial charge in [-0.05, 0) is 23.6 Å². The molecule has 0 bridgehead atoms. The Hall–Kier alpha value is -1.59. The first-order chi connectivity index (χ1) is 9.98. The summed E-state index contributed by atoms with van der Waals surface area (Å²) in [7, 11) is 0. The SMILES string of the molecule is CC(C)c1ccc(OCC(=O)NC[C@]2(O)CCOC2)cc1. The maximum Gasteiger partial charge on any atom is 0.258 e. The molecule has 1 aromatic carbocycles. The molecule has 1 aliphatic heterocycles. The Morgan fingerprint density at radius 1 is 1.43 bits per heavy atom. The quantitative estimate of drug-likeness (QED) is 0.833. The molecule has 0 aromatic heterocycles. The summed E-state index contributed by atoms with van der Waals surface area (Å²) in [5.41, 5.74) is 0.296. The van der Waals surface area contributed by atoms with Gasteiger partial charge in [0.1, 0.15) is 11.4 Å². The summed E-state index contributed by atoms with van der Waals surface area (Å²) in [4.78, 5) is 11.7. The topological polar surface area (TPSA) is 67.8 Å². The molecule has 2 N–H and O–H groups in total. The smallest absolute Gasteiger partial charge is 0.258 e. The number of benzene rings is 1. The van der Waals surface area contributed by atoms with Crippen LogP contribution in [0.1, 0.15) is 31.7 Å². The lowest BCUT2D eigenvalue weighted by Gasteiger charge is -2.20. The third-order valence-electron chi connectivity index (χ3n) is 3.61. The van der Waals surface area contributed by atoms with E-state index < -0.39 is 5.60 Å². The van der Waals surface area contributed by atoms with Crippen LogP contribution in [-0.2, 0) is 9.53 Å². The van der Waals surface area contributed by atoms with E-state index >= 15 is 0 Å². The number of aliphatic hydroxyl groups is 1. The van der Waals surface area contributed by atoms with Gasteiger partial charge in [-0.15, -0.1) is 0 Å². The van der Waals surface area contributed by atoms with E-state index in [4.69, 9.17) is 9.47 Å². The van der Waals surface area contributed by atoms with Crippen molar-refractivity contribution < 1.29 is 19.4 Å². The number of ether oxygens (including phenoxy) is 2. The zero-order valence-corrected chi connectivity index (χ0v) is 12.6. The fourth-order valence-corrected chi connectivity index (χ4v) is 2.15. The molecule has 5 heteroatoms. The Morgan fingerprint density at radius 2 is 2.14 bits per heavy atom. The van der Waals surface area contributed by atoms with E-state index in [0.717, 1.165) is 0 Å². The number of hydrogen-bond acceptors (Lipinski definition) is 4. The summed E-state index contributed by atoms with van der Waals surface area (Å²) in [6, 6.07) is 7.72. The Morgan fingerprint density at radius 3 is 2.71 bits per heavy atom. The highest BCUT2D eigenvalue weighted by atomic mass is 16.5. The predicted molar refractivity (Wildman–Crippen MR) is 79.4 cm³/mol. The maximum atomic E-state index is 11.7. The van der Waals surface area contributed by atoms with Gasteiger partial charge < -0.3 is 19.9 Å². The predicted octanol–water partition coefficient (Wildman–Crippen LogP) is 1.46. The molecular formula is C16H23NO4. The molecule has 5 nitrogen and oxygen atoms in total. The van der Waals surface area contributed by atoms with Crippen molar-refractivity contribution >= 4 is 5.91 Å². The van der Waals surface area contributed by atoms with E-state index in [1.165, 1.54) is 5.56 Å². The second-order valence-corrected chi connectivity index (χ2v) is 5.82.